The number of rotatable bonds is 4. The first-order valence-electron chi connectivity index (χ1n) is 9.06. The van der Waals surface area contributed by atoms with Crippen LogP contribution in [0.15, 0.2) is 70.2 Å². The minimum atomic E-state index is -3.52. The zero-order chi connectivity index (χ0) is 20.4. The summed E-state index contributed by atoms with van der Waals surface area (Å²) in [6, 6.07) is 13.4. The number of hydrogen-bond donors (Lipinski definition) is 0. The third kappa shape index (κ3) is 4.68. The van der Waals surface area contributed by atoms with E-state index in [0.29, 0.717) is 35.2 Å². The fraction of sp³-hybridized carbons (Fsp3) is 0.190. The van der Waals surface area contributed by atoms with Crippen LogP contribution in [0.25, 0.3) is 5.57 Å². The first-order chi connectivity index (χ1) is 13.9. The topological polar surface area (TPSA) is 59.0 Å². The zero-order valence-electron chi connectivity index (χ0n) is 15.4. The average molecular weight is 433 g/mol. The standard InChI is InChI=1S/C21H18ClFN2O3S/c22-17-12-20(21-24-29(26,27)10-2-9-25(21)13-17)16-5-7-19(8-6-16)28-14-15-3-1-4-18(23)11-15/h1,3-8,11-13H,2,9-10,14H2. The molecule has 2 aromatic carbocycles. The Morgan fingerprint density at radius 1 is 1.17 bits per heavy atom. The van der Waals surface area contributed by atoms with Gasteiger partial charge in [-0.05, 0) is 47.9 Å². The Balaban J connectivity index is 1.57. The Hall–Kier alpha value is -2.64. The number of benzene rings is 2. The minimum Gasteiger partial charge on any atom is -0.489 e. The van der Waals surface area contributed by atoms with Crippen LogP contribution < -0.4 is 4.74 Å². The van der Waals surface area contributed by atoms with Gasteiger partial charge in [-0.25, -0.2) is 12.8 Å². The summed E-state index contributed by atoms with van der Waals surface area (Å²) in [5.41, 5.74) is 2.14. The summed E-state index contributed by atoms with van der Waals surface area (Å²) >= 11 is 6.25. The van der Waals surface area contributed by atoms with E-state index >= 15 is 0 Å². The van der Waals surface area contributed by atoms with Crippen molar-refractivity contribution in [3.63, 3.8) is 0 Å². The predicted molar refractivity (Wildman–Crippen MR) is 112 cm³/mol. The molecular formula is C21H18ClFN2O3S. The van der Waals surface area contributed by atoms with Crippen LogP contribution in [0.4, 0.5) is 4.39 Å². The van der Waals surface area contributed by atoms with Gasteiger partial charge in [0, 0.05) is 18.3 Å². The van der Waals surface area contributed by atoms with Gasteiger partial charge in [-0.2, -0.15) is 0 Å². The zero-order valence-corrected chi connectivity index (χ0v) is 17.0. The SMILES string of the molecule is O=S1(=O)CCCN2C=C(Cl)C=C(c3ccc(OCc4cccc(F)c4)cc3)C2=N1. The molecular weight excluding hydrogens is 415 g/mol. The highest BCUT2D eigenvalue weighted by Crippen LogP contribution is 2.30. The van der Waals surface area contributed by atoms with Crippen LogP contribution in [-0.4, -0.2) is 31.5 Å². The lowest BCUT2D eigenvalue weighted by molar-refractivity contribution is 0.305. The molecule has 4 rings (SSSR count). The number of nitrogens with zero attached hydrogens (tertiary/aromatic N) is 2. The molecule has 0 bridgehead atoms. The number of halogens is 2. The fourth-order valence-electron chi connectivity index (χ4n) is 3.21. The number of allylic oxidation sites excluding steroid dienone is 2. The van der Waals surface area contributed by atoms with Crippen LogP contribution in [0.3, 0.4) is 0 Å². The van der Waals surface area contributed by atoms with Crippen molar-refractivity contribution < 1.29 is 17.5 Å². The highest BCUT2D eigenvalue weighted by Gasteiger charge is 2.26. The molecule has 0 spiro atoms. The third-order valence-electron chi connectivity index (χ3n) is 4.56. The van der Waals surface area contributed by atoms with Crippen LogP contribution in [-0.2, 0) is 16.6 Å². The van der Waals surface area contributed by atoms with Gasteiger partial charge in [-0.1, -0.05) is 35.9 Å². The molecule has 0 aliphatic carbocycles. The summed E-state index contributed by atoms with van der Waals surface area (Å²) in [6.45, 7) is 0.771. The molecule has 5 nitrogen and oxygen atoms in total. The molecule has 0 atom stereocenters. The third-order valence-corrected chi connectivity index (χ3v) is 6.02. The molecule has 2 heterocycles. The first-order valence-corrected chi connectivity index (χ1v) is 11.0. The van der Waals surface area contributed by atoms with Crippen molar-refractivity contribution >= 4 is 33.0 Å². The lowest BCUT2D eigenvalue weighted by Gasteiger charge is -2.26. The summed E-state index contributed by atoms with van der Waals surface area (Å²) in [7, 11) is -3.52. The second-order valence-corrected chi connectivity index (χ2v) is 8.95. The predicted octanol–water partition coefficient (Wildman–Crippen LogP) is 4.32. The van der Waals surface area contributed by atoms with Crippen LogP contribution >= 0.6 is 11.6 Å². The molecule has 2 aromatic rings. The molecule has 29 heavy (non-hydrogen) atoms. The number of amidine groups is 1. The van der Waals surface area contributed by atoms with E-state index in [1.165, 1.54) is 12.1 Å². The number of sulfonamides is 1. The molecule has 0 N–H and O–H groups in total. The quantitative estimate of drug-likeness (QED) is 0.722. The Labute approximate surface area is 173 Å². The Bertz CT molecular complexity index is 1120. The van der Waals surface area contributed by atoms with Crippen LogP contribution in [0.2, 0.25) is 0 Å². The maximum Gasteiger partial charge on any atom is 0.255 e. The van der Waals surface area contributed by atoms with Crippen molar-refractivity contribution in [2.45, 2.75) is 13.0 Å². The molecule has 2 aliphatic heterocycles. The van der Waals surface area contributed by atoms with E-state index in [9.17, 15) is 12.8 Å². The van der Waals surface area contributed by atoms with Crippen molar-refractivity contribution in [2.24, 2.45) is 4.40 Å². The highest BCUT2D eigenvalue weighted by atomic mass is 35.5. The van der Waals surface area contributed by atoms with Crippen LogP contribution in [0.1, 0.15) is 17.5 Å². The van der Waals surface area contributed by atoms with Crippen LogP contribution in [0.5, 0.6) is 5.75 Å². The lowest BCUT2D eigenvalue weighted by atomic mass is 10.0. The average Bonchev–Trinajstić information content (AvgIpc) is 2.83. The summed E-state index contributed by atoms with van der Waals surface area (Å²) in [5, 5.41) is 0.504. The van der Waals surface area contributed by atoms with E-state index in [-0.39, 0.29) is 18.2 Å². The van der Waals surface area contributed by atoms with Gasteiger partial charge in [-0.3, -0.25) is 0 Å². The van der Waals surface area contributed by atoms with Crippen molar-refractivity contribution in [3.05, 3.63) is 82.8 Å². The van der Waals surface area contributed by atoms with Gasteiger partial charge in [0.25, 0.3) is 10.0 Å². The molecule has 8 heteroatoms. The van der Waals surface area contributed by atoms with Gasteiger partial charge in [0.05, 0.1) is 10.8 Å². The van der Waals surface area contributed by atoms with Crippen molar-refractivity contribution in [2.75, 3.05) is 12.3 Å². The summed E-state index contributed by atoms with van der Waals surface area (Å²) < 4.78 is 47.3. The van der Waals surface area contributed by atoms with E-state index in [1.807, 2.05) is 12.1 Å². The maximum absolute atomic E-state index is 13.3. The van der Waals surface area contributed by atoms with Crippen molar-refractivity contribution in [3.8, 4) is 5.75 Å². The number of ether oxygens (including phenoxy) is 1. The summed E-state index contributed by atoms with van der Waals surface area (Å²) in [6.07, 6.45) is 3.89. The Kier molecular flexibility index (Phi) is 5.43. The second kappa shape index (κ2) is 8.00. The first kappa shape index (κ1) is 19.7. The molecule has 0 aromatic heterocycles. The largest absolute Gasteiger partial charge is 0.489 e. The minimum absolute atomic E-state index is 0.0125. The second-order valence-electron chi connectivity index (χ2n) is 6.76. The molecule has 0 amide bonds. The number of hydrogen-bond acceptors (Lipinski definition) is 4. The summed E-state index contributed by atoms with van der Waals surface area (Å²) in [4.78, 5) is 1.77. The fourth-order valence-corrected chi connectivity index (χ4v) is 4.49. The smallest absolute Gasteiger partial charge is 0.255 e. The van der Waals surface area contributed by atoms with Crippen molar-refractivity contribution in [1.29, 1.82) is 0 Å². The van der Waals surface area contributed by atoms with Crippen LogP contribution in [0, 0.1) is 5.82 Å². The van der Waals surface area contributed by atoms with Gasteiger partial charge in [0.2, 0.25) is 0 Å². The van der Waals surface area contributed by atoms with E-state index in [1.54, 1.807) is 41.4 Å². The monoisotopic (exact) mass is 432 g/mol. The van der Waals surface area contributed by atoms with E-state index in [2.05, 4.69) is 4.40 Å². The lowest BCUT2D eigenvalue weighted by Crippen LogP contribution is -2.29. The molecule has 2 aliphatic rings. The van der Waals surface area contributed by atoms with E-state index < -0.39 is 10.0 Å². The Morgan fingerprint density at radius 2 is 1.97 bits per heavy atom. The maximum atomic E-state index is 13.3. The summed E-state index contributed by atoms with van der Waals surface area (Å²) in [5.74, 6) is 0.696. The normalized spacial score (nSPS) is 18.1. The van der Waals surface area contributed by atoms with Crippen molar-refractivity contribution in [1.82, 2.24) is 4.90 Å². The molecule has 0 unspecified atom stereocenters. The van der Waals surface area contributed by atoms with Gasteiger partial charge in [0.1, 0.15) is 18.2 Å². The van der Waals surface area contributed by atoms with Gasteiger partial charge in [0.15, 0.2) is 5.84 Å². The molecule has 150 valence electrons. The highest BCUT2D eigenvalue weighted by molar-refractivity contribution is 7.90. The van der Waals surface area contributed by atoms with E-state index in [0.717, 1.165) is 11.1 Å². The van der Waals surface area contributed by atoms with Gasteiger partial charge in [-0.15, -0.1) is 4.40 Å². The van der Waals surface area contributed by atoms with Gasteiger partial charge >= 0.3 is 0 Å². The molecule has 0 saturated carbocycles. The number of fused-ring (bicyclic) bond motifs is 1. The molecule has 0 saturated heterocycles. The molecule has 0 radical (unpaired) electrons. The van der Waals surface area contributed by atoms with Gasteiger partial charge < -0.3 is 9.64 Å². The molecule has 0 fully saturated rings. The Morgan fingerprint density at radius 3 is 2.72 bits per heavy atom. The van der Waals surface area contributed by atoms with E-state index in [4.69, 9.17) is 16.3 Å².